The molecule has 1 aromatic carbocycles. The van der Waals surface area contributed by atoms with Crippen molar-refractivity contribution < 1.29 is 30.7 Å². The predicted octanol–water partition coefficient (Wildman–Crippen LogP) is 6.52. The Kier molecular flexibility index (Phi) is 5.75. The third-order valence-corrected chi connectivity index (χ3v) is 3.81. The van der Waals surface area contributed by atoms with Gasteiger partial charge in [0.1, 0.15) is 0 Å². The SMILES string of the molecule is CC(C)CCC(C)c1cccc(C(F)(C(F)(F)F)C(F)(F)F)c1. The molecule has 1 unspecified atom stereocenters. The molecule has 1 rings (SSSR count). The normalized spacial score (nSPS) is 15.1. The van der Waals surface area contributed by atoms with Gasteiger partial charge in [0.25, 0.3) is 0 Å². The van der Waals surface area contributed by atoms with Gasteiger partial charge in [-0.15, -0.1) is 0 Å². The lowest BCUT2D eigenvalue weighted by atomic mass is 9.87. The zero-order valence-electron chi connectivity index (χ0n) is 13.0. The molecule has 0 nitrogen and oxygen atoms in total. The molecule has 0 aliphatic carbocycles. The van der Waals surface area contributed by atoms with Crippen LogP contribution in [0.25, 0.3) is 0 Å². The maximum atomic E-state index is 14.0. The molecule has 0 radical (unpaired) electrons. The molecule has 1 atom stereocenters. The minimum Gasteiger partial charge on any atom is -0.218 e. The highest BCUT2D eigenvalue weighted by atomic mass is 19.4. The van der Waals surface area contributed by atoms with Gasteiger partial charge in [0.2, 0.25) is 0 Å². The van der Waals surface area contributed by atoms with Crippen molar-refractivity contribution in [1.82, 2.24) is 0 Å². The van der Waals surface area contributed by atoms with Crippen LogP contribution in [0.2, 0.25) is 0 Å². The Bertz CT molecular complexity index is 500. The summed E-state index contributed by atoms with van der Waals surface area (Å²) in [6.07, 6.45) is -10.8. The fourth-order valence-corrected chi connectivity index (χ4v) is 2.30. The largest absolute Gasteiger partial charge is 0.435 e. The lowest BCUT2D eigenvalue weighted by Gasteiger charge is -2.30. The summed E-state index contributed by atoms with van der Waals surface area (Å²) in [6, 6.07) is 3.65. The highest BCUT2D eigenvalue weighted by Gasteiger charge is 2.73. The van der Waals surface area contributed by atoms with E-state index in [1.807, 2.05) is 13.8 Å². The fourth-order valence-electron chi connectivity index (χ4n) is 2.30. The van der Waals surface area contributed by atoms with Crippen molar-refractivity contribution >= 4 is 0 Å². The number of hydrogen-bond acceptors (Lipinski definition) is 0. The van der Waals surface area contributed by atoms with E-state index in [1.54, 1.807) is 6.92 Å². The summed E-state index contributed by atoms with van der Waals surface area (Å²) in [6.45, 7) is 5.62. The van der Waals surface area contributed by atoms with Gasteiger partial charge in [-0.25, -0.2) is 4.39 Å². The lowest BCUT2D eigenvalue weighted by molar-refractivity contribution is -0.348. The van der Waals surface area contributed by atoms with Crippen LogP contribution in [0, 0.1) is 5.92 Å². The van der Waals surface area contributed by atoms with E-state index in [4.69, 9.17) is 0 Å². The van der Waals surface area contributed by atoms with Crippen LogP contribution in [0.3, 0.4) is 0 Å². The minimum absolute atomic E-state index is 0.261. The van der Waals surface area contributed by atoms with Crippen LogP contribution < -0.4 is 0 Å². The van der Waals surface area contributed by atoms with Crippen molar-refractivity contribution in [1.29, 1.82) is 0 Å². The molecule has 0 amide bonds. The van der Waals surface area contributed by atoms with Crippen molar-refractivity contribution in [3.8, 4) is 0 Å². The van der Waals surface area contributed by atoms with Crippen molar-refractivity contribution in [3.63, 3.8) is 0 Å². The van der Waals surface area contributed by atoms with Gasteiger partial charge in [-0.1, -0.05) is 51.5 Å². The van der Waals surface area contributed by atoms with E-state index in [0.29, 0.717) is 24.5 Å². The number of rotatable bonds is 5. The molecule has 0 aliphatic rings. The second-order valence-electron chi connectivity index (χ2n) is 6.15. The molecule has 1 aromatic rings. The van der Waals surface area contributed by atoms with E-state index in [2.05, 4.69) is 0 Å². The van der Waals surface area contributed by atoms with E-state index in [-0.39, 0.29) is 11.5 Å². The van der Waals surface area contributed by atoms with Gasteiger partial charge in [0, 0.05) is 5.56 Å². The summed E-state index contributed by atoms with van der Waals surface area (Å²) < 4.78 is 90.7. The maximum absolute atomic E-state index is 14.0. The first-order valence-corrected chi connectivity index (χ1v) is 7.23. The Labute approximate surface area is 130 Å². The second kappa shape index (κ2) is 6.69. The van der Waals surface area contributed by atoms with E-state index < -0.39 is 23.6 Å². The molecule has 0 aliphatic heterocycles. The molecule has 23 heavy (non-hydrogen) atoms. The predicted molar refractivity (Wildman–Crippen MR) is 73.8 cm³/mol. The summed E-state index contributed by atoms with van der Waals surface area (Å²) >= 11 is 0. The first kappa shape index (κ1) is 19.8. The molecule has 0 bridgehead atoms. The number of alkyl halides is 7. The van der Waals surface area contributed by atoms with Gasteiger partial charge >= 0.3 is 18.0 Å². The molecule has 0 heterocycles. The summed E-state index contributed by atoms with van der Waals surface area (Å²) in [5.74, 6) is 0.0920. The number of benzene rings is 1. The van der Waals surface area contributed by atoms with Crippen molar-refractivity contribution in [2.45, 2.75) is 57.6 Å². The summed E-state index contributed by atoms with van der Waals surface area (Å²) in [5.41, 5.74) is -6.53. The Morgan fingerprint density at radius 1 is 0.826 bits per heavy atom. The van der Waals surface area contributed by atoms with E-state index >= 15 is 0 Å². The molecular formula is C16H19F7. The number of hydrogen-bond donors (Lipinski definition) is 0. The summed E-state index contributed by atoms with van der Waals surface area (Å²) in [7, 11) is 0. The maximum Gasteiger partial charge on any atom is 0.435 e. The molecule has 0 N–H and O–H groups in total. The van der Waals surface area contributed by atoms with Crippen molar-refractivity contribution in [2.75, 3.05) is 0 Å². The molecule has 0 fully saturated rings. The topological polar surface area (TPSA) is 0 Å². The molecule has 0 saturated carbocycles. The molecule has 132 valence electrons. The van der Waals surface area contributed by atoms with Crippen LogP contribution in [0.5, 0.6) is 0 Å². The third kappa shape index (κ3) is 4.18. The summed E-state index contributed by atoms with van der Waals surface area (Å²) in [5, 5.41) is 0. The molecule has 7 heteroatoms. The van der Waals surface area contributed by atoms with Gasteiger partial charge in [-0.2, -0.15) is 26.3 Å². The quantitative estimate of drug-likeness (QED) is 0.534. The Balaban J connectivity index is 3.25. The van der Waals surface area contributed by atoms with Gasteiger partial charge in [-0.05, 0) is 23.8 Å². The fraction of sp³-hybridized carbons (Fsp3) is 0.625. The van der Waals surface area contributed by atoms with Crippen molar-refractivity contribution in [2.24, 2.45) is 5.92 Å². The van der Waals surface area contributed by atoms with Crippen LogP contribution in [-0.2, 0) is 5.67 Å². The van der Waals surface area contributed by atoms with Crippen LogP contribution in [0.15, 0.2) is 24.3 Å². The van der Waals surface area contributed by atoms with Crippen LogP contribution in [0.4, 0.5) is 30.7 Å². The first-order chi connectivity index (χ1) is 10.3. The lowest BCUT2D eigenvalue weighted by Crippen LogP contribution is -2.50. The Hall–Kier alpha value is -1.27. The Morgan fingerprint density at radius 2 is 1.35 bits per heavy atom. The zero-order valence-corrected chi connectivity index (χ0v) is 13.0. The van der Waals surface area contributed by atoms with Gasteiger partial charge in [0.05, 0.1) is 0 Å². The van der Waals surface area contributed by atoms with Gasteiger partial charge in [-0.3, -0.25) is 0 Å². The van der Waals surface area contributed by atoms with E-state index in [9.17, 15) is 30.7 Å². The number of halogens is 7. The van der Waals surface area contributed by atoms with Crippen molar-refractivity contribution in [3.05, 3.63) is 35.4 Å². The summed E-state index contributed by atoms with van der Waals surface area (Å²) in [4.78, 5) is 0. The van der Waals surface area contributed by atoms with Gasteiger partial charge < -0.3 is 0 Å². The second-order valence-corrected chi connectivity index (χ2v) is 6.15. The smallest absolute Gasteiger partial charge is 0.218 e. The molecule has 0 spiro atoms. The van der Waals surface area contributed by atoms with Crippen LogP contribution in [0.1, 0.15) is 50.7 Å². The highest BCUT2D eigenvalue weighted by molar-refractivity contribution is 5.33. The van der Waals surface area contributed by atoms with E-state index in [0.717, 1.165) is 12.5 Å². The average Bonchev–Trinajstić information content (AvgIpc) is 2.41. The monoisotopic (exact) mass is 344 g/mol. The van der Waals surface area contributed by atoms with Gasteiger partial charge in [0.15, 0.2) is 0 Å². The third-order valence-electron chi connectivity index (χ3n) is 3.81. The first-order valence-electron chi connectivity index (χ1n) is 7.23. The molecule has 0 saturated heterocycles. The minimum atomic E-state index is -6.08. The van der Waals surface area contributed by atoms with Crippen LogP contribution in [-0.4, -0.2) is 12.4 Å². The average molecular weight is 344 g/mol. The highest BCUT2D eigenvalue weighted by Crippen LogP contribution is 2.53. The van der Waals surface area contributed by atoms with Crippen LogP contribution >= 0.6 is 0 Å². The standard InChI is InChI=1S/C16H19F7/c1-10(2)7-8-11(3)12-5-4-6-13(9-12)14(17,15(18,19)20)16(21,22)23/h4-6,9-11H,7-8H2,1-3H3. The molecule has 0 aromatic heterocycles. The Morgan fingerprint density at radius 3 is 1.78 bits per heavy atom. The van der Waals surface area contributed by atoms with E-state index in [1.165, 1.54) is 6.07 Å². The molecular weight excluding hydrogens is 325 g/mol. The zero-order chi connectivity index (χ0) is 18.1.